The van der Waals surface area contributed by atoms with Gasteiger partial charge in [0.05, 0.1) is 22.9 Å². The van der Waals surface area contributed by atoms with E-state index in [1.54, 1.807) is 0 Å². The molecule has 174 valence electrons. The first-order valence-electron chi connectivity index (χ1n) is 11.8. The number of carbonyl (C=O) groups is 1. The van der Waals surface area contributed by atoms with Crippen molar-refractivity contribution in [3.05, 3.63) is 71.3 Å². The van der Waals surface area contributed by atoms with E-state index >= 15 is 0 Å². The highest BCUT2D eigenvalue weighted by Gasteiger charge is 2.37. The van der Waals surface area contributed by atoms with Crippen molar-refractivity contribution in [3.63, 3.8) is 0 Å². The first-order valence-corrected chi connectivity index (χ1v) is 13.0. The van der Waals surface area contributed by atoms with E-state index in [1.165, 1.54) is 18.2 Å². The highest BCUT2D eigenvalue weighted by Crippen LogP contribution is 2.38. The molecule has 0 atom stereocenters. The summed E-state index contributed by atoms with van der Waals surface area (Å²) in [6.45, 7) is 2.59. The zero-order chi connectivity index (χ0) is 23.5. The van der Waals surface area contributed by atoms with Gasteiger partial charge in [-0.05, 0) is 62.2 Å². The van der Waals surface area contributed by atoms with Crippen molar-refractivity contribution < 1.29 is 9.53 Å². The van der Waals surface area contributed by atoms with Gasteiger partial charge in [-0.3, -0.25) is 9.69 Å². The lowest BCUT2D eigenvalue weighted by Crippen LogP contribution is -2.39. The normalized spacial score (nSPS) is 18.1. The maximum Gasteiger partial charge on any atom is 0.266 e. The number of carbonyl (C=O) groups excluding carboxylic acids is 1. The molecule has 1 saturated carbocycles. The Morgan fingerprint density at radius 3 is 2.53 bits per heavy atom. The number of para-hydroxylation sites is 1. The van der Waals surface area contributed by atoms with Gasteiger partial charge in [-0.2, -0.15) is 5.10 Å². The Hall–Kier alpha value is -2.90. The molecule has 2 heterocycles. The monoisotopic (exact) mass is 489 g/mol. The van der Waals surface area contributed by atoms with E-state index < -0.39 is 0 Å². The van der Waals surface area contributed by atoms with Gasteiger partial charge in [0.15, 0.2) is 0 Å². The Bertz CT molecular complexity index is 1210. The highest BCUT2D eigenvalue weighted by atomic mass is 32.2. The van der Waals surface area contributed by atoms with Crippen LogP contribution in [0, 0.1) is 0 Å². The summed E-state index contributed by atoms with van der Waals surface area (Å²) < 4.78 is 8.13. The summed E-state index contributed by atoms with van der Waals surface area (Å²) in [7, 11) is 0. The van der Waals surface area contributed by atoms with Crippen molar-refractivity contribution in [1.29, 1.82) is 0 Å². The predicted octanol–water partition coefficient (Wildman–Crippen LogP) is 6.47. The fourth-order valence-electron chi connectivity index (χ4n) is 4.58. The largest absolute Gasteiger partial charge is 0.494 e. The lowest BCUT2D eigenvalue weighted by atomic mass is 9.94. The Morgan fingerprint density at radius 1 is 1.09 bits per heavy atom. The smallest absolute Gasteiger partial charge is 0.266 e. The van der Waals surface area contributed by atoms with Gasteiger partial charge in [0.2, 0.25) is 0 Å². The fraction of sp³-hybridized carbons (Fsp3) is 0.296. The van der Waals surface area contributed by atoms with Gasteiger partial charge in [-0.1, -0.05) is 61.4 Å². The molecular weight excluding hydrogens is 462 g/mol. The summed E-state index contributed by atoms with van der Waals surface area (Å²) in [5, 5.41) is 4.89. The SMILES string of the molecule is CCOc1ccc(-c2nn(-c3ccccc3)cc2/C=C2\SC(=S)N(C3CCCCC3)C2=O)cc1. The van der Waals surface area contributed by atoms with Crippen LogP contribution >= 0.6 is 24.0 Å². The zero-order valence-corrected chi connectivity index (χ0v) is 20.8. The predicted molar refractivity (Wildman–Crippen MR) is 142 cm³/mol. The third-order valence-corrected chi connectivity index (χ3v) is 7.58. The molecule has 2 aromatic carbocycles. The van der Waals surface area contributed by atoms with E-state index in [9.17, 15) is 4.79 Å². The van der Waals surface area contributed by atoms with Crippen LogP contribution in [0.5, 0.6) is 5.75 Å². The molecule has 5 rings (SSSR count). The molecule has 1 saturated heterocycles. The molecule has 5 nitrogen and oxygen atoms in total. The molecule has 0 bridgehead atoms. The minimum atomic E-state index is 0.0204. The third kappa shape index (κ3) is 4.68. The van der Waals surface area contributed by atoms with E-state index in [0.29, 0.717) is 15.8 Å². The Morgan fingerprint density at radius 2 is 1.82 bits per heavy atom. The second-order valence-corrected chi connectivity index (χ2v) is 10.2. The minimum absolute atomic E-state index is 0.0204. The van der Waals surface area contributed by atoms with Gasteiger partial charge in [-0.15, -0.1) is 0 Å². The summed E-state index contributed by atoms with van der Waals surface area (Å²) in [5.41, 5.74) is 3.63. The number of thioether (sulfide) groups is 1. The van der Waals surface area contributed by atoms with Gasteiger partial charge >= 0.3 is 0 Å². The number of hydrogen-bond donors (Lipinski definition) is 0. The number of thiocarbonyl (C=S) groups is 1. The quantitative estimate of drug-likeness (QED) is 0.293. The fourth-order valence-corrected chi connectivity index (χ4v) is 5.97. The second-order valence-electron chi connectivity index (χ2n) is 8.51. The molecule has 3 aromatic rings. The van der Waals surface area contributed by atoms with Crippen molar-refractivity contribution in [2.75, 3.05) is 6.61 Å². The van der Waals surface area contributed by atoms with Crippen LogP contribution in [0.4, 0.5) is 0 Å². The summed E-state index contributed by atoms with van der Waals surface area (Å²) in [6, 6.07) is 18.1. The van der Waals surface area contributed by atoms with Crippen molar-refractivity contribution in [3.8, 4) is 22.7 Å². The molecule has 7 heteroatoms. The first kappa shape index (κ1) is 22.9. The molecule has 1 amide bonds. The van der Waals surface area contributed by atoms with E-state index in [-0.39, 0.29) is 11.9 Å². The number of ether oxygens (including phenoxy) is 1. The van der Waals surface area contributed by atoms with Crippen LogP contribution in [-0.4, -0.2) is 37.6 Å². The number of amides is 1. The lowest BCUT2D eigenvalue weighted by Gasteiger charge is -2.29. The summed E-state index contributed by atoms with van der Waals surface area (Å²) >= 11 is 7.03. The molecule has 2 aliphatic rings. The van der Waals surface area contributed by atoms with Crippen LogP contribution < -0.4 is 4.74 Å². The van der Waals surface area contributed by atoms with Crippen molar-refractivity contribution in [1.82, 2.24) is 14.7 Å². The van der Waals surface area contributed by atoms with Crippen molar-refractivity contribution in [2.45, 2.75) is 45.1 Å². The first-order chi connectivity index (χ1) is 16.6. The summed E-state index contributed by atoms with van der Waals surface area (Å²) in [5.74, 6) is 0.843. The number of aromatic nitrogens is 2. The maximum absolute atomic E-state index is 13.4. The topological polar surface area (TPSA) is 47.4 Å². The van der Waals surface area contributed by atoms with E-state index in [1.807, 2.05) is 83.4 Å². The average Bonchev–Trinajstić information content (AvgIpc) is 3.41. The molecule has 0 radical (unpaired) electrons. The Labute approximate surface area is 209 Å². The van der Waals surface area contributed by atoms with Crippen LogP contribution in [0.2, 0.25) is 0 Å². The lowest BCUT2D eigenvalue weighted by molar-refractivity contribution is -0.124. The molecule has 0 spiro atoms. The van der Waals surface area contributed by atoms with Gasteiger partial charge < -0.3 is 4.74 Å². The number of rotatable bonds is 6. The molecule has 0 unspecified atom stereocenters. The Kier molecular flexibility index (Phi) is 6.83. The molecule has 0 N–H and O–H groups in total. The van der Waals surface area contributed by atoms with E-state index in [0.717, 1.165) is 53.9 Å². The van der Waals surface area contributed by atoms with Gasteiger partial charge in [0.1, 0.15) is 10.1 Å². The average molecular weight is 490 g/mol. The maximum atomic E-state index is 13.4. The number of benzene rings is 2. The zero-order valence-electron chi connectivity index (χ0n) is 19.1. The number of hydrogen-bond acceptors (Lipinski definition) is 5. The van der Waals surface area contributed by atoms with Gasteiger partial charge in [-0.25, -0.2) is 4.68 Å². The van der Waals surface area contributed by atoms with Crippen LogP contribution in [0.1, 0.15) is 44.6 Å². The standard InChI is InChI=1S/C27H27N3O2S2/c1-2-32-23-15-13-19(14-16-23)25-20(18-29(28-25)21-9-5-3-6-10-21)17-24-26(31)30(27(33)34-24)22-11-7-4-8-12-22/h3,5-6,9-10,13-18,22H,2,4,7-8,11-12H2,1H3/b24-17-. The van der Waals surface area contributed by atoms with Crippen molar-refractivity contribution >= 4 is 40.3 Å². The van der Waals surface area contributed by atoms with Crippen molar-refractivity contribution in [2.24, 2.45) is 0 Å². The van der Waals surface area contributed by atoms with Crippen LogP contribution in [0.15, 0.2) is 65.7 Å². The summed E-state index contributed by atoms with van der Waals surface area (Å²) in [6.07, 6.45) is 9.55. The highest BCUT2D eigenvalue weighted by molar-refractivity contribution is 8.26. The van der Waals surface area contributed by atoms with Crippen LogP contribution in [-0.2, 0) is 4.79 Å². The summed E-state index contributed by atoms with van der Waals surface area (Å²) in [4.78, 5) is 15.9. The van der Waals surface area contributed by atoms with Crippen LogP contribution in [0.25, 0.3) is 23.0 Å². The van der Waals surface area contributed by atoms with E-state index in [2.05, 4.69) is 0 Å². The molecule has 1 aliphatic heterocycles. The Balaban J connectivity index is 1.52. The minimum Gasteiger partial charge on any atom is -0.494 e. The molecule has 34 heavy (non-hydrogen) atoms. The molecular formula is C27H27N3O2S2. The second kappa shape index (κ2) is 10.2. The van der Waals surface area contributed by atoms with Crippen LogP contribution in [0.3, 0.4) is 0 Å². The third-order valence-electron chi connectivity index (χ3n) is 6.25. The molecule has 1 aliphatic carbocycles. The van der Waals surface area contributed by atoms with Gasteiger partial charge in [0, 0.05) is 23.4 Å². The molecule has 2 fully saturated rings. The number of nitrogens with zero attached hydrogens (tertiary/aromatic N) is 3. The van der Waals surface area contributed by atoms with Gasteiger partial charge in [0.25, 0.3) is 5.91 Å². The van der Waals surface area contributed by atoms with E-state index in [4.69, 9.17) is 22.1 Å². The molecule has 1 aromatic heterocycles.